The maximum atomic E-state index is 12.9. The van der Waals surface area contributed by atoms with Gasteiger partial charge < -0.3 is 0 Å². The van der Waals surface area contributed by atoms with E-state index in [2.05, 4.69) is 0 Å². The molecule has 0 amide bonds. The van der Waals surface area contributed by atoms with Gasteiger partial charge in [0.25, 0.3) is 0 Å². The van der Waals surface area contributed by atoms with Crippen molar-refractivity contribution in [2.24, 2.45) is 0 Å². The fourth-order valence-corrected chi connectivity index (χ4v) is 2.12. The molecule has 2 nitrogen and oxygen atoms in total. The summed E-state index contributed by atoms with van der Waals surface area (Å²) in [5, 5.41) is 9.00. The number of carbonyl (C=O) groups is 1. The molecule has 18 heavy (non-hydrogen) atoms. The normalized spacial score (nSPS) is 18.1. The number of hydrogen-bond acceptors (Lipinski definition) is 2. The summed E-state index contributed by atoms with van der Waals surface area (Å²) in [6.45, 7) is 0. The lowest BCUT2D eigenvalue weighted by Gasteiger charge is -2.35. The van der Waals surface area contributed by atoms with Crippen LogP contribution in [0, 0.1) is 17.1 Å². The van der Waals surface area contributed by atoms with Crippen molar-refractivity contribution in [2.75, 3.05) is 0 Å². The molecule has 0 bridgehead atoms. The minimum Gasteiger partial charge on any atom is -0.300 e. The van der Waals surface area contributed by atoms with Crippen LogP contribution in [-0.2, 0) is 16.4 Å². The molecule has 1 aromatic carbocycles. The second-order valence-corrected chi connectivity index (χ2v) is 4.27. The second-order valence-electron chi connectivity index (χ2n) is 4.27. The molecular formula is C12H7F4NO. The number of nitrogens with zero attached hydrogens (tertiary/aromatic N) is 1. The van der Waals surface area contributed by atoms with E-state index in [0.29, 0.717) is 6.07 Å². The number of alkyl halides is 3. The van der Waals surface area contributed by atoms with E-state index < -0.39 is 23.0 Å². The fourth-order valence-electron chi connectivity index (χ4n) is 2.12. The Morgan fingerprint density at radius 1 is 1.28 bits per heavy atom. The van der Waals surface area contributed by atoms with Crippen molar-refractivity contribution < 1.29 is 22.4 Å². The third kappa shape index (κ3) is 1.86. The van der Waals surface area contributed by atoms with Crippen molar-refractivity contribution in [3.8, 4) is 6.07 Å². The van der Waals surface area contributed by atoms with Crippen LogP contribution in [0.25, 0.3) is 0 Å². The predicted molar refractivity (Wildman–Crippen MR) is 52.9 cm³/mol. The molecule has 2 rings (SSSR count). The molecule has 0 spiro atoms. The van der Waals surface area contributed by atoms with Gasteiger partial charge in [-0.1, -0.05) is 6.07 Å². The maximum absolute atomic E-state index is 12.9. The van der Waals surface area contributed by atoms with E-state index in [0.717, 1.165) is 12.1 Å². The third-order valence-corrected chi connectivity index (χ3v) is 3.01. The molecule has 94 valence electrons. The lowest BCUT2D eigenvalue weighted by atomic mass is 9.63. The van der Waals surface area contributed by atoms with Gasteiger partial charge in [0.2, 0.25) is 0 Å². The minimum absolute atomic E-state index is 0.252. The van der Waals surface area contributed by atoms with E-state index in [4.69, 9.17) is 5.26 Å². The Kier molecular flexibility index (Phi) is 2.65. The van der Waals surface area contributed by atoms with Crippen molar-refractivity contribution in [3.63, 3.8) is 0 Å². The Morgan fingerprint density at radius 2 is 1.89 bits per heavy atom. The number of halogens is 4. The molecule has 0 radical (unpaired) electrons. The van der Waals surface area contributed by atoms with Crippen LogP contribution in [0.2, 0.25) is 0 Å². The Labute approximate surface area is 99.8 Å². The molecule has 1 fully saturated rings. The number of rotatable bonds is 1. The number of carbonyl (C=O) groups excluding carboxylic acids is 1. The van der Waals surface area contributed by atoms with Crippen LogP contribution in [0.5, 0.6) is 0 Å². The number of hydrogen-bond donors (Lipinski definition) is 0. The van der Waals surface area contributed by atoms with Crippen LogP contribution in [0.3, 0.4) is 0 Å². The van der Waals surface area contributed by atoms with Gasteiger partial charge >= 0.3 is 6.18 Å². The zero-order chi connectivity index (χ0) is 13.6. The Morgan fingerprint density at radius 3 is 2.33 bits per heavy atom. The van der Waals surface area contributed by atoms with Gasteiger partial charge in [-0.3, -0.25) is 4.79 Å². The van der Waals surface area contributed by atoms with E-state index in [1.54, 1.807) is 6.07 Å². The van der Waals surface area contributed by atoms with Crippen LogP contribution < -0.4 is 0 Å². The highest BCUT2D eigenvalue weighted by molar-refractivity contribution is 5.90. The third-order valence-electron chi connectivity index (χ3n) is 3.01. The molecule has 1 saturated carbocycles. The lowest BCUT2D eigenvalue weighted by Crippen LogP contribution is -2.41. The number of benzene rings is 1. The summed E-state index contributed by atoms with van der Waals surface area (Å²) in [4.78, 5) is 11.0. The first-order valence-corrected chi connectivity index (χ1v) is 5.09. The molecule has 1 aliphatic carbocycles. The van der Waals surface area contributed by atoms with Crippen LogP contribution in [0.4, 0.5) is 17.6 Å². The highest BCUT2D eigenvalue weighted by Gasteiger charge is 2.50. The van der Waals surface area contributed by atoms with Gasteiger partial charge in [-0.05, 0) is 17.7 Å². The highest BCUT2D eigenvalue weighted by atomic mass is 19.4. The summed E-state index contributed by atoms with van der Waals surface area (Å²) < 4.78 is 51.3. The van der Waals surface area contributed by atoms with E-state index in [1.807, 2.05) is 0 Å². The molecule has 0 saturated heterocycles. The minimum atomic E-state index is -4.75. The average molecular weight is 257 g/mol. The van der Waals surface area contributed by atoms with Crippen molar-refractivity contribution in [1.29, 1.82) is 5.26 Å². The topological polar surface area (TPSA) is 40.9 Å². The van der Waals surface area contributed by atoms with E-state index >= 15 is 0 Å². The summed E-state index contributed by atoms with van der Waals surface area (Å²) in [5.74, 6) is -1.29. The molecule has 0 atom stereocenters. The summed E-state index contributed by atoms with van der Waals surface area (Å²) >= 11 is 0. The molecule has 1 aliphatic rings. The van der Waals surface area contributed by atoms with E-state index in [-0.39, 0.29) is 24.2 Å². The van der Waals surface area contributed by atoms with E-state index in [9.17, 15) is 22.4 Å². The Hall–Kier alpha value is -1.90. The maximum Gasteiger partial charge on any atom is 0.416 e. The van der Waals surface area contributed by atoms with Gasteiger partial charge in [0, 0.05) is 12.8 Å². The average Bonchev–Trinajstić information content (AvgIpc) is 2.23. The van der Waals surface area contributed by atoms with Crippen molar-refractivity contribution in [1.82, 2.24) is 0 Å². The van der Waals surface area contributed by atoms with Crippen molar-refractivity contribution >= 4 is 5.78 Å². The SMILES string of the molecule is N#CC1(c2ccc(F)cc2C(F)(F)F)CC(=O)C1. The van der Waals surface area contributed by atoms with Gasteiger partial charge in [0.1, 0.15) is 11.6 Å². The molecule has 0 aliphatic heterocycles. The van der Waals surface area contributed by atoms with Gasteiger partial charge in [0.05, 0.1) is 17.0 Å². The first-order chi connectivity index (χ1) is 8.28. The first-order valence-electron chi connectivity index (χ1n) is 5.09. The van der Waals surface area contributed by atoms with E-state index in [1.165, 1.54) is 0 Å². The largest absolute Gasteiger partial charge is 0.416 e. The smallest absolute Gasteiger partial charge is 0.300 e. The molecule has 0 heterocycles. The molecular weight excluding hydrogens is 250 g/mol. The number of ketones is 1. The van der Waals surface area contributed by atoms with Crippen LogP contribution in [-0.4, -0.2) is 5.78 Å². The zero-order valence-corrected chi connectivity index (χ0v) is 9.01. The quantitative estimate of drug-likeness (QED) is 0.726. The van der Waals surface area contributed by atoms with Crippen molar-refractivity contribution in [3.05, 3.63) is 35.1 Å². The van der Waals surface area contributed by atoms with Crippen LogP contribution in [0.1, 0.15) is 24.0 Å². The van der Waals surface area contributed by atoms with Gasteiger partial charge in [0.15, 0.2) is 0 Å². The lowest BCUT2D eigenvalue weighted by molar-refractivity contribution is -0.140. The summed E-state index contributed by atoms with van der Waals surface area (Å²) in [6.07, 6.45) is -5.25. The van der Waals surface area contributed by atoms with Crippen LogP contribution >= 0.6 is 0 Å². The Balaban J connectivity index is 2.59. The Bertz CT molecular complexity index is 548. The molecule has 0 aromatic heterocycles. The predicted octanol–water partition coefficient (Wildman–Crippen LogP) is 2.97. The van der Waals surface area contributed by atoms with Gasteiger partial charge in [-0.25, -0.2) is 4.39 Å². The summed E-state index contributed by atoms with van der Waals surface area (Å²) in [5.41, 5.74) is -2.97. The zero-order valence-electron chi connectivity index (χ0n) is 9.01. The van der Waals surface area contributed by atoms with Gasteiger partial charge in [-0.2, -0.15) is 18.4 Å². The van der Waals surface area contributed by atoms with Gasteiger partial charge in [-0.15, -0.1) is 0 Å². The number of Topliss-reactive ketones (excluding diaryl/α,β-unsaturated/α-hetero) is 1. The first kappa shape index (κ1) is 12.6. The monoisotopic (exact) mass is 257 g/mol. The summed E-state index contributed by atoms with van der Waals surface area (Å²) in [7, 11) is 0. The molecule has 6 heteroatoms. The second kappa shape index (κ2) is 3.80. The van der Waals surface area contributed by atoms with Crippen molar-refractivity contribution in [2.45, 2.75) is 24.4 Å². The standard InChI is InChI=1S/C12H7F4NO/c13-7-1-2-9(10(3-7)12(14,15)16)11(6-17)4-8(18)5-11/h1-3H,4-5H2. The number of nitriles is 1. The molecule has 1 aromatic rings. The fraction of sp³-hybridized carbons (Fsp3) is 0.333. The summed E-state index contributed by atoms with van der Waals surface area (Å²) in [6, 6.07) is 3.91. The van der Waals surface area contributed by atoms with Crippen LogP contribution in [0.15, 0.2) is 18.2 Å². The molecule has 0 unspecified atom stereocenters. The highest BCUT2D eigenvalue weighted by Crippen LogP contribution is 2.46. The molecule has 0 N–H and O–H groups in total.